The van der Waals surface area contributed by atoms with Gasteiger partial charge in [-0.1, -0.05) is 42.6 Å². The molecule has 23 heavy (non-hydrogen) atoms. The summed E-state index contributed by atoms with van der Waals surface area (Å²) in [5.74, 6) is -0.926. The minimum atomic E-state index is -0.606. The number of esters is 1. The van der Waals surface area contributed by atoms with Crippen molar-refractivity contribution >= 4 is 56.5 Å². The third-order valence-electron chi connectivity index (χ3n) is 3.24. The van der Waals surface area contributed by atoms with Crippen molar-refractivity contribution in [3.8, 4) is 0 Å². The van der Waals surface area contributed by atoms with E-state index in [4.69, 9.17) is 27.9 Å². The summed E-state index contributed by atoms with van der Waals surface area (Å²) in [4.78, 5) is 24.1. The Kier molecular flexibility index (Phi) is 6.27. The molecule has 0 aliphatic heterocycles. The number of hydrogen-bond donors (Lipinski definition) is 1. The maximum Gasteiger partial charge on any atom is 0.350 e. The number of hydrogen-bond acceptors (Lipinski definition) is 4. The molecule has 0 bridgehead atoms. The Balaban J connectivity index is 2.01. The zero-order valence-electron chi connectivity index (χ0n) is 12.8. The van der Waals surface area contributed by atoms with E-state index in [0.717, 1.165) is 22.9 Å². The summed E-state index contributed by atoms with van der Waals surface area (Å²) in [6.45, 7) is 3.63. The second-order valence-electron chi connectivity index (χ2n) is 5.22. The van der Waals surface area contributed by atoms with E-state index in [-0.39, 0.29) is 23.4 Å². The van der Waals surface area contributed by atoms with Gasteiger partial charge in [0.2, 0.25) is 0 Å². The van der Waals surface area contributed by atoms with Crippen LogP contribution in [0.1, 0.15) is 36.4 Å². The number of fused-ring (bicyclic) bond motifs is 1. The fourth-order valence-corrected chi connectivity index (χ4v) is 3.87. The van der Waals surface area contributed by atoms with Crippen molar-refractivity contribution in [2.24, 2.45) is 0 Å². The van der Waals surface area contributed by atoms with Gasteiger partial charge in [0, 0.05) is 21.2 Å². The van der Waals surface area contributed by atoms with Gasteiger partial charge in [-0.15, -0.1) is 11.3 Å². The zero-order chi connectivity index (χ0) is 17.0. The van der Waals surface area contributed by atoms with Crippen LogP contribution in [0, 0.1) is 0 Å². The van der Waals surface area contributed by atoms with Crippen LogP contribution in [0.5, 0.6) is 0 Å². The molecule has 7 heteroatoms. The quantitative estimate of drug-likeness (QED) is 0.748. The summed E-state index contributed by atoms with van der Waals surface area (Å²) >= 11 is 13.3. The summed E-state index contributed by atoms with van der Waals surface area (Å²) in [7, 11) is 0. The standard InChI is InChI=1S/C16H17Cl2NO3S/c1-3-4-9(2)19-13(20)8-22-16(21)15-14(18)11-6-5-10(17)7-12(11)23-15/h5-7,9H,3-4,8H2,1-2H3,(H,19,20). The van der Waals surface area contributed by atoms with Gasteiger partial charge >= 0.3 is 5.97 Å². The SMILES string of the molecule is CCCC(C)NC(=O)COC(=O)c1sc2cc(Cl)ccc2c1Cl. The van der Waals surface area contributed by atoms with Gasteiger partial charge in [-0.2, -0.15) is 0 Å². The van der Waals surface area contributed by atoms with Crippen molar-refractivity contribution in [1.82, 2.24) is 5.32 Å². The van der Waals surface area contributed by atoms with Crippen LogP contribution in [0.3, 0.4) is 0 Å². The van der Waals surface area contributed by atoms with Crippen LogP contribution < -0.4 is 5.32 Å². The molecule has 1 unspecified atom stereocenters. The van der Waals surface area contributed by atoms with E-state index in [1.165, 1.54) is 11.3 Å². The first kappa shape index (κ1) is 18.0. The molecular formula is C16H17Cl2NO3S. The predicted molar refractivity (Wildman–Crippen MR) is 94.6 cm³/mol. The predicted octanol–water partition coefficient (Wildman–Crippen LogP) is 4.67. The van der Waals surface area contributed by atoms with Crippen LogP contribution in [0.4, 0.5) is 0 Å². The van der Waals surface area contributed by atoms with Gasteiger partial charge in [0.05, 0.1) is 5.02 Å². The van der Waals surface area contributed by atoms with Gasteiger partial charge in [0.1, 0.15) is 4.88 Å². The summed E-state index contributed by atoms with van der Waals surface area (Å²) in [6.07, 6.45) is 1.85. The van der Waals surface area contributed by atoms with Crippen LogP contribution in [0.25, 0.3) is 10.1 Å². The Morgan fingerprint density at radius 3 is 2.78 bits per heavy atom. The number of rotatable bonds is 6. The van der Waals surface area contributed by atoms with Crippen molar-refractivity contribution in [1.29, 1.82) is 0 Å². The summed E-state index contributed by atoms with van der Waals surface area (Å²) in [6, 6.07) is 5.26. The van der Waals surface area contributed by atoms with Gasteiger partial charge < -0.3 is 10.1 Å². The minimum Gasteiger partial charge on any atom is -0.451 e. The fourth-order valence-electron chi connectivity index (χ4n) is 2.19. The first-order chi connectivity index (χ1) is 10.9. The average molecular weight is 374 g/mol. The van der Waals surface area contributed by atoms with Crippen molar-refractivity contribution in [3.05, 3.63) is 33.1 Å². The molecule has 1 aromatic carbocycles. The van der Waals surface area contributed by atoms with E-state index < -0.39 is 5.97 Å². The van der Waals surface area contributed by atoms with E-state index in [1.54, 1.807) is 18.2 Å². The number of carbonyl (C=O) groups is 2. The molecule has 1 N–H and O–H groups in total. The van der Waals surface area contributed by atoms with E-state index in [9.17, 15) is 9.59 Å². The number of ether oxygens (including phenoxy) is 1. The first-order valence-corrected chi connectivity index (χ1v) is 8.83. The van der Waals surface area contributed by atoms with Crippen LogP contribution >= 0.6 is 34.5 Å². The molecule has 0 spiro atoms. The number of nitrogens with one attached hydrogen (secondary N) is 1. The molecular weight excluding hydrogens is 357 g/mol. The highest BCUT2D eigenvalue weighted by Crippen LogP contribution is 2.37. The molecule has 4 nitrogen and oxygen atoms in total. The maximum absolute atomic E-state index is 12.1. The smallest absolute Gasteiger partial charge is 0.350 e. The second kappa shape index (κ2) is 7.99. The molecule has 0 radical (unpaired) electrons. The van der Waals surface area contributed by atoms with Crippen molar-refractivity contribution in [3.63, 3.8) is 0 Å². The van der Waals surface area contributed by atoms with Crippen molar-refractivity contribution in [2.45, 2.75) is 32.7 Å². The number of benzene rings is 1. The van der Waals surface area contributed by atoms with Crippen LogP contribution in [-0.4, -0.2) is 24.5 Å². The Morgan fingerprint density at radius 1 is 1.35 bits per heavy atom. The third-order valence-corrected chi connectivity index (χ3v) is 5.11. The lowest BCUT2D eigenvalue weighted by Gasteiger charge is -2.12. The molecule has 0 fully saturated rings. The average Bonchev–Trinajstić information content (AvgIpc) is 2.81. The number of halogens is 2. The number of amides is 1. The summed E-state index contributed by atoms with van der Waals surface area (Å²) < 4.78 is 5.85. The molecule has 0 aliphatic carbocycles. The Morgan fingerprint density at radius 2 is 2.09 bits per heavy atom. The fraction of sp³-hybridized carbons (Fsp3) is 0.375. The molecule has 1 amide bonds. The van der Waals surface area contributed by atoms with Gasteiger partial charge in [0.25, 0.3) is 5.91 Å². The Labute approximate surface area is 148 Å². The first-order valence-electron chi connectivity index (χ1n) is 7.26. The van der Waals surface area contributed by atoms with E-state index in [1.807, 2.05) is 13.8 Å². The summed E-state index contributed by atoms with van der Waals surface area (Å²) in [5.41, 5.74) is 0. The lowest BCUT2D eigenvalue weighted by atomic mass is 10.2. The summed E-state index contributed by atoms with van der Waals surface area (Å²) in [5, 5.41) is 4.41. The highest BCUT2D eigenvalue weighted by Gasteiger charge is 2.19. The van der Waals surface area contributed by atoms with Crippen molar-refractivity contribution < 1.29 is 14.3 Å². The lowest BCUT2D eigenvalue weighted by molar-refractivity contribution is -0.124. The second-order valence-corrected chi connectivity index (χ2v) is 7.09. The molecule has 0 saturated carbocycles. The van der Waals surface area contributed by atoms with E-state index >= 15 is 0 Å². The van der Waals surface area contributed by atoms with Gasteiger partial charge in [-0.3, -0.25) is 4.79 Å². The molecule has 2 rings (SSSR count). The highest BCUT2D eigenvalue weighted by molar-refractivity contribution is 7.21. The largest absolute Gasteiger partial charge is 0.451 e. The van der Waals surface area contributed by atoms with Crippen LogP contribution in [-0.2, 0) is 9.53 Å². The van der Waals surface area contributed by atoms with Gasteiger partial charge in [0.15, 0.2) is 6.61 Å². The molecule has 124 valence electrons. The van der Waals surface area contributed by atoms with Crippen LogP contribution in [0.2, 0.25) is 10.0 Å². The highest BCUT2D eigenvalue weighted by atomic mass is 35.5. The topological polar surface area (TPSA) is 55.4 Å². The Hall–Kier alpha value is -1.30. The molecule has 0 saturated heterocycles. The number of carbonyl (C=O) groups excluding carboxylic acids is 2. The van der Waals surface area contributed by atoms with Crippen LogP contribution in [0.15, 0.2) is 18.2 Å². The van der Waals surface area contributed by atoms with E-state index in [2.05, 4.69) is 5.32 Å². The maximum atomic E-state index is 12.1. The van der Waals surface area contributed by atoms with Crippen molar-refractivity contribution in [2.75, 3.05) is 6.61 Å². The third kappa shape index (κ3) is 4.59. The molecule has 1 atom stereocenters. The zero-order valence-corrected chi connectivity index (χ0v) is 15.1. The normalized spacial score (nSPS) is 12.2. The molecule has 1 aromatic heterocycles. The number of thiophene rings is 1. The lowest BCUT2D eigenvalue weighted by Crippen LogP contribution is -2.35. The molecule has 0 aliphatic rings. The molecule has 2 aromatic rings. The monoisotopic (exact) mass is 373 g/mol. The van der Waals surface area contributed by atoms with Gasteiger partial charge in [-0.25, -0.2) is 4.79 Å². The molecule has 1 heterocycles. The Bertz CT molecular complexity index is 729. The minimum absolute atomic E-state index is 0.0567. The van der Waals surface area contributed by atoms with E-state index in [0.29, 0.717) is 10.0 Å². The van der Waals surface area contributed by atoms with Gasteiger partial charge in [-0.05, 0) is 25.5 Å².